The molecule has 2 rings (SSSR count). The Morgan fingerprint density at radius 3 is 3.00 bits per heavy atom. The highest BCUT2D eigenvalue weighted by molar-refractivity contribution is 9.10. The third-order valence-corrected chi connectivity index (χ3v) is 4.50. The second-order valence-corrected chi connectivity index (χ2v) is 6.40. The average molecular weight is 362 g/mol. The molecule has 1 aliphatic rings. The van der Waals surface area contributed by atoms with Crippen LogP contribution >= 0.6 is 27.5 Å². The van der Waals surface area contributed by atoms with Crippen molar-refractivity contribution >= 4 is 27.5 Å². The molecule has 0 aliphatic carbocycles. The van der Waals surface area contributed by atoms with E-state index in [0.29, 0.717) is 17.7 Å². The number of nitrogens with zero attached hydrogens (tertiary/aromatic N) is 1. The molecule has 0 amide bonds. The van der Waals surface area contributed by atoms with Crippen LogP contribution in [0.3, 0.4) is 0 Å². The molecular weight excluding hydrogens is 340 g/mol. The molecule has 112 valence electrons. The molecule has 0 spiro atoms. The van der Waals surface area contributed by atoms with Gasteiger partial charge in [0.05, 0.1) is 4.47 Å². The zero-order valence-corrected chi connectivity index (χ0v) is 14.2. The highest BCUT2D eigenvalue weighted by Gasteiger charge is 2.16. The molecule has 1 saturated heterocycles. The number of benzene rings is 1. The lowest BCUT2D eigenvalue weighted by molar-refractivity contribution is 0.202. The standard InChI is InChI=1S/C15H22BrClN2O/c1-2-19(11-13-4-3-7-18-13)8-9-20-15-6-5-12(17)10-14(15)16/h5-6,10,13,18H,2-4,7-9,11H2,1H3. The molecule has 0 aromatic heterocycles. The molecule has 1 unspecified atom stereocenters. The van der Waals surface area contributed by atoms with Gasteiger partial charge in [0.1, 0.15) is 12.4 Å². The van der Waals surface area contributed by atoms with Crippen LogP contribution in [0.15, 0.2) is 22.7 Å². The van der Waals surface area contributed by atoms with E-state index in [0.717, 1.165) is 36.4 Å². The largest absolute Gasteiger partial charge is 0.491 e. The van der Waals surface area contributed by atoms with Gasteiger partial charge in [0.2, 0.25) is 0 Å². The first-order valence-electron chi connectivity index (χ1n) is 7.22. The van der Waals surface area contributed by atoms with Gasteiger partial charge in [-0.2, -0.15) is 0 Å². The van der Waals surface area contributed by atoms with Crippen molar-refractivity contribution in [1.82, 2.24) is 10.2 Å². The van der Waals surface area contributed by atoms with E-state index in [4.69, 9.17) is 16.3 Å². The van der Waals surface area contributed by atoms with Crippen molar-refractivity contribution in [3.8, 4) is 5.75 Å². The summed E-state index contributed by atoms with van der Waals surface area (Å²) >= 11 is 9.39. The van der Waals surface area contributed by atoms with Crippen LogP contribution in [0.25, 0.3) is 0 Å². The summed E-state index contributed by atoms with van der Waals surface area (Å²) in [7, 11) is 0. The van der Waals surface area contributed by atoms with Crippen LogP contribution in [0, 0.1) is 0 Å². The Labute approximate surface area is 134 Å². The average Bonchev–Trinajstić information content (AvgIpc) is 2.93. The number of nitrogens with one attached hydrogen (secondary N) is 1. The first-order chi connectivity index (χ1) is 9.69. The first-order valence-corrected chi connectivity index (χ1v) is 8.39. The number of rotatable bonds is 7. The summed E-state index contributed by atoms with van der Waals surface area (Å²) in [5.74, 6) is 0.851. The predicted octanol–water partition coefficient (Wildman–Crippen LogP) is 3.56. The predicted molar refractivity (Wildman–Crippen MR) is 87.8 cm³/mol. The number of ether oxygens (including phenoxy) is 1. The van der Waals surface area contributed by atoms with Crippen molar-refractivity contribution in [1.29, 1.82) is 0 Å². The molecule has 0 saturated carbocycles. The quantitative estimate of drug-likeness (QED) is 0.804. The van der Waals surface area contributed by atoms with Crippen molar-refractivity contribution in [3.63, 3.8) is 0 Å². The van der Waals surface area contributed by atoms with E-state index >= 15 is 0 Å². The minimum Gasteiger partial charge on any atom is -0.491 e. The summed E-state index contributed by atoms with van der Waals surface area (Å²) in [6.45, 7) is 7.18. The molecule has 3 nitrogen and oxygen atoms in total. The minimum absolute atomic E-state index is 0.650. The summed E-state index contributed by atoms with van der Waals surface area (Å²) in [6.07, 6.45) is 2.59. The second-order valence-electron chi connectivity index (χ2n) is 5.11. The molecule has 20 heavy (non-hydrogen) atoms. The fourth-order valence-electron chi connectivity index (χ4n) is 2.48. The van der Waals surface area contributed by atoms with E-state index < -0.39 is 0 Å². The first kappa shape index (κ1) is 16.1. The Kier molecular flexibility index (Phi) is 6.62. The highest BCUT2D eigenvalue weighted by atomic mass is 79.9. The summed E-state index contributed by atoms with van der Waals surface area (Å²) in [4.78, 5) is 2.44. The van der Waals surface area contributed by atoms with Crippen LogP contribution in [0.1, 0.15) is 19.8 Å². The van der Waals surface area contributed by atoms with Gasteiger partial charge >= 0.3 is 0 Å². The van der Waals surface area contributed by atoms with E-state index in [2.05, 4.69) is 33.1 Å². The van der Waals surface area contributed by atoms with Gasteiger partial charge in [-0.15, -0.1) is 0 Å². The van der Waals surface area contributed by atoms with Gasteiger partial charge in [-0.05, 0) is 60.1 Å². The zero-order valence-electron chi connectivity index (χ0n) is 11.9. The molecule has 1 atom stereocenters. The second kappa shape index (κ2) is 8.23. The van der Waals surface area contributed by atoms with Gasteiger partial charge < -0.3 is 10.1 Å². The van der Waals surface area contributed by atoms with Gasteiger partial charge in [-0.1, -0.05) is 18.5 Å². The van der Waals surface area contributed by atoms with Crippen molar-refractivity contribution in [2.24, 2.45) is 0 Å². The molecule has 0 radical (unpaired) electrons. The van der Waals surface area contributed by atoms with Gasteiger partial charge in [0.25, 0.3) is 0 Å². The van der Waals surface area contributed by atoms with Crippen LogP contribution in [0.4, 0.5) is 0 Å². The smallest absolute Gasteiger partial charge is 0.133 e. The van der Waals surface area contributed by atoms with Crippen LogP contribution in [-0.2, 0) is 0 Å². The maximum Gasteiger partial charge on any atom is 0.133 e. The summed E-state index contributed by atoms with van der Waals surface area (Å²) in [6, 6.07) is 6.26. The van der Waals surface area contributed by atoms with E-state index in [1.807, 2.05) is 18.2 Å². The lowest BCUT2D eigenvalue weighted by atomic mass is 10.2. The molecule has 1 aromatic carbocycles. The molecule has 1 N–H and O–H groups in total. The molecule has 1 aliphatic heterocycles. The fraction of sp³-hybridized carbons (Fsp3) is 0.600. The van der Waals surface area contributed by atoms with Crippen molar-refractivity contribution in [3.05, 3.63) is 27.7 Å². The zero-order chi connectivity index (χ0) is 14.4. The van der Waals surface area contributed by atoms with E-state index in [-0.39, 0.29) is 0 Å². The van der Waals surface area contributed by atoms with Gasteiger partial charge in [-0.25, -0.2) is 0 Å². The molecular formula is C15H22BrClN2O. The van der Waals surface area contributed by atoms with Gasteiger partial charge in [0, 0.05) is 24.2 Å². The Balaban J connectivity index is 1.75. The number of likely N-dealkylation sites (N-methyl/N-ethyl adjacent to an activating group) is 1. The number of halogens is 2. The van der Waals surface area contributed by atoms with Crippen molar-refractivity contribution < 1.29 is 4.74 Å². The number of hydrogen-bond donors (Lipinski definition) is 1. The molecule has 0 bridgehead atoms. The van der Waals surface area contributed by atoms with E-state index in [1.165, 1.54) is 12.8 Å². The molecule has 5 heteroatoms. The highest BCUT2D eigenvalue weighted by Crippen LogP contribution is 2.27. The van der Waals surface area contributed by atoms with Gasteiger partial charge in [-0.3, -0.25) is 4.90 Å². The van der Waals surface area contributed by atoms with Crippen LogP contribution in [-0.4, -0.2) is 43.7 Å². The summed E-state index contributed by atoms with van der Waals surface area (Å²) in [5, 5.41) is 4.25. The lowest BCUT2D eigenvalue weighted by Gasteiger charge is -2.24. The Morgan fingerprint density at radius 2 is 2.35 bits per heavy atom. The lowest BCUT2D eigenvalue weighted by Crippen LogP contribution is -2.39. The van der Waals surface area contributed by atoms with Crippen molar-refractivity contribution in [2.45, 2.75) is 25.8 Å². The van der Waals surface area contributed by atoms with E-state index in [9.17, 15) is 0 Å². The molecule has 1 fully saturated rings. The monoisotopic (exact) mass is 360 g/mol. The van der Waals surface area contributed by atoms with Crippen LogP contribution in [0.5, 0.6) is 5.75 Å². The SMILES string of the molecule is CCN(CCOc1ccc(Cl)cc1Br)CC1CCCN1. The fourth-order valence-corrected chi connectivity index (χ4v) is 3.28. The molecule has 1 heterocycles. The Morgan fingerprint density at radius 1 is 1.50 bits per heavy atom. The minimum atomic E-state index is 0.650. The molecule has 1 aromatic rings. The van der Waals surface area contributed by atoms with Crippen LogP contribution in [0.2, 0.25) is 5.02 Å². The third kappa shape index (κ3) is 4.92. The maximum atomic E-state index is 5.92. The van der Waals surface area contributed by atoms with Crippen molar-refractivity contribution in [2.75, 3.05) is 32.8 Å². The summed E-state index contributed by atoms with van der Waals surface area (Å²) < 4.78 is 6.73. The Bertz CT molecular complexity index is 424. The number of hydrogen-bond acceptors (Lipinski definition) is 3. The topological polar surface area (TPSA) is 24.5 Å². The maximum absolute atomic E-state index is 5.92. The van der Waals surface area contributed by atoms with Crippen LogP contribution < -0.4 is 10.1 Å². The van der Waals surface area contributed by atoms with E-state index in [1.54, 1.807) is 0 Å². The third-order valence-electron chi connectivity index (χ3n) is 3.65. The Hall–Kier alpha value is -0.290. The normalized spacial score (nSPS) is 18.7. The van der Waals surface area contributed by atoms with Gasteiger partial charge in [0.15, 0.2) is 0 Å². The summed E-state index contributed by atoms with van der Waals surface area (Å²) in [5.41, 5.74) is 0.